The predicted octanol–water partition coefficient (Wildman–Crippen LogP) is 5.45. The van der Waals surface area contributed by atoms with Crippen molar-refractivity contribution < 1.29 is 24.2 Å². The lowest BCUT2D eigenvalue weighted by molar-refractivity contribution is -0.151. The highest BCUT2D eigenvalue weighted by Crippen LogP contribution is 2.16. The summed E-state index contributed by atoms with van der Waals surface area (Å²) in [5.41, 5.74) is 0.386. The van der Waals surface area contributed by atoms with Gasteiger partial charge in [0.15, 0.2) is 6.10 Å². The van der Waals surface area contributed by atoms with Crippen LogP contribution < -0.4 is 0 Å². The third-order valence-electron chi connectivity index (χ3n) is 5.13. The summed E-state index contributed by atoms with van der Waals surface area (Å²) < 4.78 is 10.1. The number of aliphatic hydroxyl groups excluding tert-OH is 1. The van der Waals surface area contributed by atoms with Crippen LogP contribution in [0.1, 0.15) is 94.3 Å². The van der Waals surface area contributed by atoms with Gasteiger partial charge in [-0.05, 0) is 31.4 Å². The number of methoxy groups -OCH3 is 1. The number of hydrogen-bond donors (Lipinski definition) is 1. The Balaban J connectivity index is 2.24. The number of carbonyl (C=O) groups excluding carboxylic acids is 2. The summed E-state index contributed by atoms with van der Waals surface area (Å²) in [5, 5.41) is 10.2. The number of unbranched alkanes of at least 4 members (excludes halogenated alkanes) is 8. The third kappa shape index (κ3) is 11.6. The molecular formula is C24H38O5. The van der Waals surface area contributed by atoms with E-state index in [9.17, 15) is 14.7 Å². The van der Waals surface area contributed by atoms with E-state index < -0.39 is 24.1 Å². The summed E-state index contributed by atoms with van der Waals surface area (Å²) in [4.78, 5) is 24.1. The van der Waals surface area contributed by atoms with E-state index >= 15 is 0 Å². The first kappa shape index (κ1) is 25.2. The van der Waals surface area contributed by atoms with Crippen molar-refractivity contribution in [3.63, 3.8) is 0 Å². The number of ether oxygens (including phenoxy) is 2. The van der Waals surface area contributed by atoms with E-state index in [0.717, 1.165) is 12.8 Å². The van der Waals surface area contributed by atoms with Gasteiger partial charge in [0, 0.05) is 0 Å². The molecule has 0 radical (unpaired) electrons. The van der Waals surface area contributed by atoms with E-state index in [1.165, 1.54) is 52.1 Å². The maximum absolute atomic E-state index is 12.2. The van der Waals surface area contributed by atoms with Crippen molar-refractivity contribution in [3.05, 3.63) is 35.9 Å². The Morgan fingerprint density at radius 3 is 2.03 bits per heavy atom. The van der Waals surface area contributed by atoms with Crippen LogP contribution in [0, 0.1) is 0 Å². The zero-order chi connectivity index (χ0) is 21.3. The maximum Gasteiger partial charge on any atom is 0.347 e. The topological polar surface area (TPSA) is 72.8 Å². The summed E-state index contributed by atoms with van der Waals surface area (Å²) >= 11 is 0. The first-order valence-electron chi connectivity index (χ1n) is 11.1. The van der Waals surface area contributed by atoms with Crippen LogP contribution in [0.5, 0.6) is 0 Å². The molecule has 2 unspecified atom stereocenters. The van der Waals surface area contributed by atoms with Crippen molar-refractivity contribution in [2.75, 3.05) is 7.11 Å². The molecule has 0 aliphatic heterocycles. The molecule has 1 aromatic carbocycles. The van der Waals surface area contributed by atoms with Crippen LogP contribution in [0.25, 0.3) is 0 Å². The number of benzene rings is 1. The fourth-order valence-electron chi connectivity index (χ4n) is 3.31. The Morgan fingerprint density at radius 1 is 0.862 bits per heavy atom. The van der Waals surface area contributed by atoms with Crippen LogP contribution >= 0.6 is 0 Å². The molecule has 2 atom stereocenters. The van der Waals surface area contributed by atoms with Gasteiger partial charge in [-0.25, -0.2) is 9.59 Å². The van der Waals surface area contributed by atoms with E-state index in [1.807, 2.05) is 0 Å². The fraction of sp³-hybridized carbons (Fsp3) is 0.667. The number of hydrogen-bond acceptors (Lipinski definition) is 5. The fourth-order valence-corrected chi connectivity index (χ4v) is 3.31. The zero-order valence-corrected chi connectivity index (χ0v) is 18.1. The summed E-state index contributed by atoms with van der Waals surface area (Å²) in [6.45, 7) is 2.23. The van der Waals surface area contributed by atoms with E-state index in [0.29, 0.717) is 18.4 Å². The minimum Gasteiger partial charge on any atom is -0.466 e. The smallest absolute Gasteiger partial charge is 0.347 e. The predicted molar refractivity (Wildman–Crippen MR) is 115 cm³/mol. The maximum atomic E-state index is 12.2. The van der Waals surface area contributed by atoms with Gasteiger partial charge in [0.05, 0.1) is 18.8 Å². The molecule has 5 heteroatoms. The standard InChI is InChI=1S/C24H38O5/c1-3-4-5-6-7-8-9-10-14-17-21(25)18-19-22(24(27)28-2)29-23(26)20-15-12-11-13-16-20/h11-13,15-16,21-22,25H,3-10,14,17-19H2,1-2H3. The van der Waals surface area contributed by atoms with Gasteiger partial charge in [-0.1, -0.05) is 82.9 Å². The number of rotatable bonds is 16. The Labute approximate surface area is 175 Å². The Bertz CT molecular complexity index is 558. The summed E-state index contributed by atoms with van der Waals surface area (Å²) in [6, 6.07) is 8.54. The zero-order valence-electron chi connectivity index (χ0n) is 18.1. The molecule has 29 heavy (non-hydrogen) atoms. The molecule has 5 nitrogen and oxygen atoms in total. The molecule has 0 aromatic heterocycles. The Kier molecular flexibility index (Phi) is 13.9. The quantitative estimate of drug-likeness (QED) is 0.292. The lowest BCUT2D eigenvalue weighted by Gasteiger charge is -2.17. The molecule has 0 spiro atoms. The average molecular weight is 407 g/mol. The van der Waals surface area contributed by atoms with Crippen molar-refractivity contribution in [3.8, 4) is 0 Å². The Hall–Kier alpha value is -1.88. The molecule has 0 fully saturated rings. The van der Waals surface area contributed by atoms with Crippen molar-refractivity contribution in [1.82, 2.24) is 0 Å². The normalized spacial score (nSPS) is 12.9. The van der Waals surface area contributed by atoms with Crippen LogP contribution in [-0.4, -0.2) is 36.4 Å². The molecule has 0 aliphatic carbocycles. The molecule has 0 amide bonds. The van der Waals surface area contributed by atoms with Crippen molar-refractivity contribution in [1.29, 1.82) is 0 Å². The molecule has 0 aliphatic rings. The van der Waals surface area contributed by atoms with Crippen LogP contribution in [0.15, 0.2) is 30.3 Å². The van der Waals surface area contributed by atoms with Gasteiger partial charge in [0.2, 0.25) is 0 Å². The van der Waals surface area contributed by atoms with Crippen molar-refractivity contribution in [2.24, 2.45) is 0 Å². The molecule has 1 N–H and O–H groups in total. The third-order valence-corrected chi connectivity index (χ3v) is 5.13. The second kappa shape index (κ2) is 16.0. The average Bonchev–Trinajstić information content (AvgIpc) is 2.75. The summed E-state index contributed by atoms with van der Waals surface area (Å²) in [6.07, 6.45) is 11.0. The summed E-state index contributed by atoms with van der Waals surface area (Å²) in [5.74, 6) is -1.15. The molecule has 164 valence electrons. The first-order valence-corrected chi connectivity index (χ1v) is 11.1. The molecule has 1 rings (SSSR count). The minimum atomic E-state index is -0.995. The second-order valence-corrected chi connectivity index (χ2v) is 7.63. The van der Waals surface area contributed by atoms with Crippen molar-refractivity contribution >= 4 is 11.9 Å². The van der Waals surface area contributed by atoms with Gasteiger partial charge in [0.25, 0.3) is 0 Å². The molecule has 0 bridgehead atoms. The number of aliphatic hydroxyl groups is 1. The largest absolute Gasteiger partial charge is 0.466 e. The van der Waals surface area contributed by atoms with Gasteiger partial charge in [0.1, 0.15) is 0 Å². The number of carbonyl (C=O) groups is 2. The molecule has 0 saturated heterocycles. The monoisotopic (exact) mass is 406 g/mol. The summed E-state index contributed by atoms with van der Waals surface area (Å²) in [7, 11) is 1.27. The van der Waals surface area contributed by atoms with Gasteiger partial charge in [-0.15, -0.1) is 0 Å². The Morgan fingerprint density at radius 2 is 1.45 bits per heavy atom. The SMILES string of the molecule is CCCCCCCCCCCC(O)CCC(OC(=O)c1ccccc1)C(=O)OC. The first-order chi connectivity index (χ1) is 14.1. The highest BCUT2D eigenvalue weighted by atomic mass is 16.6. The molecule has 0 heterocycles. The van der Waals surface area contributed by atoms with E-state index in [2.05, 4.69) is 6.92 Å². The van der Waals surface area contributed by atoms with E-state index in [-0.39, 0.29) is 6.42 Å². The van der Waals surface area contributed by atoms with Gasteiger partial charge >= 0.3 is 11.9 Å². The van der Waals surface area contributed by atoms with Gasteiger partial charge in [-0.3, -0.25) is 0 Å². The van der Waals surface area contributed by atoms with Crippen LogP contribution in [0.2, 0.25) is 0 Å². The lowest BCUT2D eigenvalue weighted by atomic mass is 10.0. The van der Waals surface area contributed by atoms with Gasteiger partial charge < -0.3 is 14.6 Å². The molecule has 0 saturated carbocycles. The van der Waals surface area contributed by atoms with Crippen LogP contribution in [0.3, 0.4) is 0 Å². The van der Waals surface area contributed by atoms with E-state index in [4.69, 9.17) is 9.47 Å². The second-order valence-electron chi connectivity index (χ2n) is 7.63. The minimum absolute atomic E-state index is 0.254. The highest BCUT2D eigenvalue weighted by molar-refractivity contribution is 5.91. The number of esters is 2. The molecular weight excluding hydrogens is 368 g/mol. The van der Waals surface area contributed by atoms with Crippen LogP contribution in [0.4, 0.5) is 0 Å². The lowest BCUT2D eigenvalue weighted by Crippen LogP contribution is -2.29. The van der Waals surface area contributed by atoms with Crippen molar-refractivity contribution in [2.45, 2.75) is 96.2 Å². The van der Waals surface area contributed by atoms with Gasteiger partial charge in [-0.2, -0.15) is 0 Å². The highest BCUT2D eigenvalue weighted by Gasteiger charge is 2.25. The van der Waals surface area contributed by atoms with E-state index in [1.54, 1.807) is 30.3 Å². The molecule has 1 aromatic rings. The van der Waals surface area contributed by atoms with Crippen LogP contribution in [-0.2, 0) is 14.3 Å².